The second-order valence-electron chi connectivity index (χ2n) is 7.41. The van der Waals surface area contributed by atoms with Crippen LogP contribution in [-0.4, -0.2) is 37.8 Å². The number of ether oxygens (including phenoxy) is 3. The molecule has 1 saturated heterocycles. The van der Waals surface area contributed by atoms with Crippen LogP contribution in [0, 0.1) is 4.91 Å². The Hall–Kier alpha value is -1.53. The third-order valence-corrected chi connectivity index (χ3v) is 5.80. The molecule has 1 heterocycles. The molecule has 0 radical (unpaired) electrons. The average Bonchev–Trinajstić information content (AvgIpc) is 3.53. The van der Waals surface area contributed by atoms with Gasteiger partial charge in [0.1, 0.15) is 31.1 Å². The Kier molecular flexibility index (Phi) is 7.28. The fourth-order valence-electron chi connectivity index (χ4n) is 2.83. The predicted molar refractivity (Wildman–Crippen MR) is 116 cm³/mol. The fourth-order valence-corrected chi connectivity index (χ4v) is 3.57. The van der Waals surface area contributed by atoms with E-state index in [0.717, 1.165) is 23.5 Å². The van der Waals surface area contributed by atoms with Crippen molar-refractivity contribution in [1.29, 1.82) is 0 Å². The van der Waals surface area contributed by atoms with Gasteiger partial charge in [-0.05, 0) is 35.4 Å². The van der Waals surface area contributed by atoms with Crippen molar-refractivity contribution in [3.63, 3.8) is 0 Å². The van der Waals surface area contributed by atoms with Crippen LogP contribution in [-0.2, 0) is 10.2 Å². The maximum absolute atomic E-state index is 10.7. The zero-order valence-electron chi connectivity index (χ0n) is 16.2. The number of rotatable bonds is 10. The van der Waals surface area contributed by atoms with Gasteiger partial charge in [0.15, 0.2) is 5.75 Å². The molecule has 0 aliphatic carbocycles. The maximum Gasteiger partial charge on any atom is 0.156 e. The molecule has 0 bridgehead atoms. The molecule has 29 heavy (non-hydrogen) atoms. The molecule has 0 N–H and O–H groups in total. The lowest BCUT2D eigenvalue weighted by atomic mass is 9.78. The van der Waals surface area contributed by atoms with Gasteiger partial charge in [-0.15, -0.1) is 11.6 Å². The lowest BCUT2D eigenvalue weighted by molar-refractivity contribution is 0.263. The van der Waals surface area contributed by atoms with Gasteiger partial charge >= 0.3 is 0 Å². The Morgan fingerprint density at radius 2 is 1.76 bits per heavy atom. The van der Waals surface area contributed by atoms with Crippen LogP contribution >= 0.6 is 34.8 Å². The molecule has 1 aliphatic heterocycles. The van der Waals surface area contributed by atoms with Crippen molar-refractivity contribution in [3.05, 3.63) is 62.5 Å². The number of epoxide rings is 1. The van der Waals surface area contributed by atoms with Crippen LogP contribution in [0.3, 0.4) is 0 Å². The molecule has 2 aromatic carbocycles. The first-order valence-electron chi connectivity index (χ1n) is 9.21. The van der Waals surface area contributed by atoms with Gasteiger partial charge in [0, 0.05) is 5.41 Å². The molecule has 2 aromatic rings. The van der Waals surface area contributed by atoms with Crippen LogP contribution in [0.2, 0.25) is 10.0 Å². The highest BCUT2D eigenvalue weighted by molar-refractivity contribution is 6.37. The van der Waals surface area contributed by atoms with Gasteiger partial charge in [0.05, 0.1) is 22.5 Å². The van der Waals surface area contributed by atoms with Gasteiger partial charge < -0.3 is 14.2 Å². The molecule has 3 rings (SSSR count). The first-order chi connectivity index (χ1) is 13.8. The van der Waals surface area contributed by atoms with Gasteiger partial charge in [0.2, 0.25) is 0 Å². The van der Waals surface area contributed by atoms with Crippen molar-refractivity contribution in [3.8, 4) is 11.5 Å². The van der Waals surface area contributed by atoms with Crippen molar-refractivity contribution in [2.45, 2.75) is 31.4 Å². The lowest BCUT2D eigenvalue weighted by Gasteiger charge is -2.27. The SMILES string of the molecule is CC(C)(c1ccc(OC[C@H]2CO2)cc1)c1cc(Cl)c(OC[C@@H](CCl)N=O)c(Cl)c1. The molecule has 156 valence electrons. The molecule has 5 nitrogen and oxygen atoms in total. The third kappa shape index (κ3) is 5.54. The summed E-state index contributed by atoms with van der Waals surface area (Å²) in [5, 5.41) is 3.63. The molecular weight excluding hydrogens is 437 g/mol. The van der Waals surface area contributed by atoms with E-state index in [1.165, 1.54) is 0 Å². The lowest BCUT2D eigenvalue weighted by Crippen LogP contribution is -2.20. The highest BCUT2D eigenvalue weighted by Crippen LogP contribution is 2.40. The zero-order valence-corrected chi connectivity index (χ0v) is 18.4. The summed E-state index contributed by atoms with van der Waals surface area (Å²) in [6.45, 7) is 5.53. The summed E-state index contributed by atoms with van der Waals surface area (Å²) in [5.74, 6) is 1.19. The molecule has 1 fully saturated rings. The Morgan fingerprint density at radius 1 is 1.14 bits per heavy atom. The smallest absolute Gasteiger partial charge is 0.156 e. The highest BCUT2D eigenvalue weighted by Gasteiger charge is 2.26. The van der Waals surface area contributed by atoms with E-state index < -0.39 is 6.04 Å². The number of hydrogen-bond donors (Lipinski definition) is 0. The van der Waals surface area contributed by atoms with Crippen molar-refractivity contribution in [2.75, 3.05) is 25.7 Å². The zero-order chi connectivity index (χ0) is 21.0. The third-order valence-electron chi connectivity index (χ3n) is 4.88. The number of benzene rings is 2. The number of halogens is 3. The molecule has 0 spiro atoms. The van der Waals surface area contributed by atoms with Gasteiger partial charge in [-0.2, -0.15) is 4.91 Å². The second kappa shape index (κ2) is 9.52. The monoisotopic (exact) mass is 457 g/mol. The largest absolute Gasteiger partial charge is 0.491 e. The minimum Gasteiger partial charge on any atom is -0.491 e. The topological polar surface area (TPSA) is 60.4 Å². The molecule has 0 aromatic heterocycles. The first kappa shape index (κ1) is 22.2. The summed E-state index contributed by atoms with van der Waals surface area (Å²) in [6, 6.07) is 10.9. The molecule has 2 atom stereocenters. The molecule has 1 aliphatic rings. The van der Waals surface area contributed by atoms with E-state index in [-0.39, 0.29) is 24.0 Å². The van der Waals surface area contributed by atoms with Crippen LogP contribution in [0.4, 0.5) is 0 Å². The van der Waals surface area contributed by atoms with Crippen molar-refractivity contribution in [2.24, 2.45) is 5.18 Å². The Balaban J connectivity index is 1.76. The quantitative estimate of drug-likeness (QED) is 0.254. The standard InChI is InChI=1S/C21H22Cl3NO4/c1-21(2,13-3-5-16(6-4-13)27-11-17-12-28-17)14-7-18(23)20(19(24)8-14)29-10-15(9-22)25-26/h3-8,15,17H,9-12H2,1-2H3/t15-,17+/m1/s1. The maximum atomic E-state index is 10.7. The van der Waals surface area contributed by atoms with E-state index in [9.17, 15) is 4.91 Å². The molecule has 8 heteroatoms. The van der Waals surface area contributed by atoms with E-state index in [2.05, 4.69) is 19.0 Å². The van der Waals surface area contributed by atoms with E-state index in [4.69, 9.17) is 49.0 Å². The number of nitroso groups, excluding NO2 is 1. The van der Waals surface area contributed by atoms with Gasteiger partial charge in [-0.3, -0.25) is 0 Å². The van der Waals surface area contributed by atoms with Gasteiger partial charge in [-0.25, -0.2) is 0 Å². The summed E-state index contributed by atoms with van der Waals surface area (Å²) in [4.78, 5) is 10.7. The van der Waals surface area contributed by atoms with Crippen LogP contribution in [0.15, 0.2) is 41.6 Å². The first-order valence-corrected chi connectivity index (χ1v) is 10.5. The van der Waals surface area contributed by atoms with E-state index in [1.807, 2.05) is 36.4 Å². The van der Waals surface area contributed by atoms with Gasteiger partial charge in [-0.1, -0.05) is 54.4 Å². The summed E-state index contributed by atoms with van der Waals surface area (Å²) >= 11 is 18.5. The Bertz CT molecular complexity index is 830. The minimum absolute atomic E-state index is 0.0164. The summed E-state index contributed by atoms with van der Waals surface area (Å²) in [5.41, 5.74) is 1.66. The van der Waals surface area contributed by atoms with Crippen molar-refractivity contribution < 1.29 is 14.2 Å². The van der Waals surface area contributed by atoms with E-state index in [1.54, 1.807) is 0 Å². The molecule has 0 saturated carbocycles. The summed E-state index contributed by atoms with van der Waals surface area (Å²) in [6.07, 6.45) is 0.221. The summed E-state index contributed by atoms with van der Waals surface area (Å²) in [7, 11) is 0. The highest BCUT2D eigenvalue weighted by atomic mass is 35.5. The normalized spacial score (nSPS) is 16.9. The van der Waals surface area contributed by atoms with Crippen LogP contribution < -0.4 is 9.47 Å². The van der Waals surface area contributed by atoms with E-state index >= 15 is 0 Å². The molecular formula is C21H22Cl3NO4. The van der Waals surface area contributed by atoms with Crippen molar-refractivity contribution >= 4 is 34.8 Å². The number of hydrogen-bond acceptors (Lipinski definition) is 5. The number of alkyl halides is 1. The summed E-state index contributed by atoms with van der Waals surface area (Å²) < 4.78 is 16.4. The van der Waals surface area contributed by atoms with Crippen LogP contribution in [0.1, 0.15) is 25.0 Å². The van der Waals surface area contributed by atoms with Crippen LogP contribution in [0.25, 0.3) is 0 Å². The predicted octanol–water partition coefficient (Wildman–Crippen LogP) is 5.85. The van der Waals surface area contributed by atoms with Crippen LogP contribution in [0.5, 0.6) is 11.5 Å². The Labute approximate surface area is 185 Å². The van der Waals surface area contributed by atoms with Gasteiger partial charge in [0.25, 0.3) is 0 Å². The number of nitrogens with zero attached hydrogens (tertiary/aromatic N) is 1. The fraction of sp³-hybridized carbons (Fsp3) is 0.429. The molecule has 0 amide bonds. The second-order valence-corrected chi connectivity index (χ2v) is 8.53. The minimum atomic E-state index is -0.660. The van der Waals surface area contributed by atoms with Crippen molar-refractivity contribution in [1.82, 2.24) is 0 Å². The Morgan fingerprint density at radius 3 is 2.28 bits per heavy atom. The molecule has 0 unspecified atom stereocenters. The average molecular weight is 459 g/mol. The van der Waals surface area contributed by atoms with E-state index in [0.29, 0.717) is 22.4 Å².